The second-order valence-corrected chi connectivity index (χ2v) is 8.40. The molecule has 12 nitrogen and oxygen atoms in total. The van der Waals surface area contributed by atoms with E-state index in [0.29, 0.717) is 13.0 Å². The zero-order valence-electron chi connectivity index (χ0n) is 15.3. The number of nitrogens with two attached hydrogens (primary N) is 2. The van der Waals surface area contributed by atoms with Crippen LogP contribution < -0.4 is 16.8 Å². The first-order valence-corrected chi connectivity index (χ1v) is 10.3. The number of hydrogen-bond donors (Lipinski definition) is 4. The lowest BCUT2D eigenvalue weighted by Crippen LogP contribution is -2.71. The first kappa shape index (κ1) is 21.0. The normalized spacial score (nSPS) is 23.7. The topological polar surface area (TPSA) is 186 Å². The van der Waals surface area contributed by atoms with E-state index in [-0.39, 0.29) is 34.2 Å². The molecule has 1 aromatic rings. The minimum Gasteiger partial charge on any atom is -0.477 e. The molecule has 1 aromatic heterocycles. The quantitative estimate of drug-likeness (QED) is 0.168. The number of aliphatic carboxylic acids is 1. The Kier molecular flexibility index (Phi) is 6.34. The summed E-state index contributed by atoms with van der Waals surface area (Å²) in [4.78, 5) is 46.8. The molecule has 0 aromatic carbocycles. The number of carboxylic acids is 1. The predicted molar refractivity (Wildman–Crippen MR) is 106 cm³/mol. The SMILES string of the molecule is CC1C=C(C(=O)O)N2C(=O)C(NC(=O)C(=NOCCCN)c3nsc(N)n3)[C@H]2S1. The molecule has 0 saturated carbocycles. The highest BCUT2D eigenvalue weighted by atomic mass is 32.2. The fourth-order valence-electron chi connectivity index (χ4n) is 2.71. The lowest BCUT2D eigenvalue weighted by Gasteiger charge is -2.49. The van der Waals surface area contributed by atoms with E-state index in [1.54, 1.807) is 0 Å². The van der Waals surface area contributed by atoms with Crippen LogP contribution in [-0.4, -0.2) is 72.7 Å². The smallest absolute Gasteiger partial charge is 0.352 e. The van der Waals surface area contributed by atoms with Gasteiger partial charge in [-0.1, -0.05) is 5.16 Å². The van der Waals surface area contributed by atoms with Crippen LogP contribution in [0, 0.1) is 0 Å². The molecule has 156 valence electrons. The molecule has 2 unspecified atom stereocenters. The second-order valence-electron chi connectivity index (χ2n) is 6.12. The molecule has 0 spiro atoms. The Bertz CT molecular complexity index is 886. The Morgan fingerprint density at radius 1 is 1.48 bits per heavy atom. The second kappa shape index (κ2) is 8.75. The lowest BCUT2D eigenvalue weighted by atomic mass is 10.0. The Morgan fingerprint density at radius 3 is 2.86 bits per heavy atom. The van der Waals surface area contributed by atoms with E-state index in [4.69, 9.17) is 16.3 Å². The van der Waals surface area contributed by atoms with Gasteiger partial charge in [0.15, 0.2) is 5.13 Å². The third-order valence-corrected chi connectivity index (χ3v) is 5.89. The number of nitrogens with one attached hydrogen (secondary N) is 1. The first-order valence-electron chi connectivity index (χ1n) is 8.57. The summed E-state index contributed by atoms with van der Waals surface area (Å²) in [5.41, 5.74) is 10.6. The molecular formula is C15H19N7O5S2. The number of aromatic nitrogens is 2. The number of hydrogen-bond acceptors (Lipinski definition) is 11. The number of carboxylic acid groups (broad SMARTS) is 1. The van der Waals surface area contributed by atoms with E-state index in [0.717, 1.165) is 16.4 Å². The van der Waals surface area contributed by atoms with Crippen LogP contribution in [0.25, 0.3) is 0 Å². The molecule has 0 aliphatic carbocycles. The molecule has 0 bridgehead atoms. The molecule has 2 aliphatic rings. The molecule has 6 N–H and O–H groups in total. The Balaban J connectivity index is 1.75. The van der Waals surface area contributed by atoms with Crippen molar-refractivity contribution < 1.29 is 24.3 Å². The number of fused-ring (bicyclic) bond motifs is 1. The van der Waals surface area contributed by atoms with Gasteiger partial charge < -0.3 is 26.7 Å². The number of anilines is 1. The number of nitrogens with zero attached hydrogens (tertiary/aromatic N) is 4. The van der Waals surface area contributed by atoms with Crippen LogP contribution in [-0.2, 0) is 19.2 Å². The number of carbonyl (C=O) groups is 3. The maximum absolute atomic E-state index is 12.8. The minimum absolute atomic E-state index is 0.0304. The summed E-state index contributed by atoms with van der Waals surface area (Å²) in [6, 6.07) is -0.914. The number of oxime groups is 1. The highest BCUT2D eigenvalue weighted by Crippen LogP contribution is 2.40. The van der Waals surface area contributed by atoms with E-state index < -0.39 is 29.2 Å². The summed E-state index contributed by atoms with van der Waals surface area (Å²) in [6.45, 7) is 2.39. The van der Waals surface area contributed by atoms with E-state index in [9.17, 15) is 19.5 Å². The Hall–Kier alpha value is -2.71. The van der Waals surface area contributed by atoms with Crippen LogP contribution >= 0.6 is 23.3 Å². The summed E-state index contributed by atoms with van der Waals surface area (Å²) in [6.07, 6.45) is 2.03. The molecule has 1 fully saturated rings. The van der Waals surface area contributed by atoms with Crippen molar-refractivity contribution in [3.8, 4) is 0 Å². The van der Waals surface area contributed by atoms with Crippen LogP contribution in [0.5, 0.6) is 0 Å². The lowest BCUT2D eigenvalue weighted by molar-refractivity contribution is -0.150. The average molecular weight is 441 g/mol. The molecule has 1 saturated heterocycles. The molecule has 29 heavy (non-hydrogen) atoms. The number of carbonyl (C=O) groups excluding carboxylic acids is 2. The van der Waals surface area contributed by atoms with Gasteiger partial charge in [-0.15, -0.1) is 11.8 Å². The third kappa shape index (κ3) is 4.33. The van der Waals surface area contributed by atoms with Gasteiger partial charge in [0, 0.05) is 16.8 Å². The monoisotopic (exact) mass is 441 g/mol. The highest BCUT2D eigenvalue weighted by Gasteiger charge is 2.54. The van der Waals surface area contributed by atoms with E-state index in [1.807, 2.05) is 6.92 Å². The summed E-state index contributed by atoms with van der Waals surface area (Å²) in [5.74, 6) is -2.48. The van der Waals surface area contributed by atoms with Gasteiger partial charge in [0.2, 0.25) is 11.5 Å². The summed E-state index contributed by atoms with van der Waals surface area (Å²) in [7, 11) is 0. The van der Waals surface area contributed by atoms with E-state index in [1.165, 1.54) is 17.8 Å². The molecule has 3 heterocycles. The highest BCUT2D eigenvalue weighted by molar-refractivity contribution is 8.00. The zero-order valence-corrected chi connectivity index (χ0v) is 16.9. The van der Waals surface area contributed by atoms with Crippen molar-refractivity contribution in [2.75, 3.05) is 18.9 Å². The summed E-state index contributed by atoms with van der Waals surface area (Å²) < 4.78 is 3.96. The van der Waals surface area contributed by atoms with Crippen molar-refractivity contribution in [1.82, 2.24) is 19.6 Å². The van der Waals surface area contributed by atoms with Crippen LogP contribution in [0.2, 0.25) is 0 Å². The van der Waals surface area contributed by atoms with E-state index >= 15 is 0 Å². The number of β-lactam (4-membered cyclic amide) rings is 1. The summed E-state index contributed by atoms with van der Waals surface area (Å²) >= 11 is 2.25. The maximum Gasteiger partial charge on any atom is 0.352 e. The molecule has 2 aliphatic heterocycles. The van der Waals surface area contributed by atoms with Crippen molar-refractivity contribution >= 4 is 51.9 Å². The van der Waals surface area contributed by atoms with Crippen molar-refractivity contribution in [3.05, 3.63) is 17.6 Å². The Labute approximate surface area is 173 Å². The molecule has 0 radical (unpaired) electrons. The number of amides is 2. The van der Waals surface area contributed by atoms with Gasteiger partial charge in [0.25, 0.3) is 11.8 Å². The van der Waals surface area contributed by atoms with Crippen LogP contribution in [0.4, 0.5) is 5.13 Å². The largest absolute Gasteiger partial charge is 0.477 e. The van der Waals surface area contributed by atoms with Gasteiger partial charge in [-0.2, -0.15) is 9.36 Å². The molecule has 3 atom stereocenters. The van der Waals surface area contributed by atoms with Crippen molar-refractivity contribution in [2.24, 2.45) is 10.9 Å². The van der Waals surface area contributed by atoms with Gasteiger partial charge in [0.1, 0.15) is 23.7 Å². The van der Waals surface area contributed by atoms with Crippen molar-refractivity contribution in [3.63, 3.8) is 0 Å². The fourth-order valence-corrected chi connectivity index (χ4v) is 4.47. The van der Waals surface area contributed by atoms with Gasteiger partial charge in [-0.25, -0.2) is 4.79 Å². The van der Waals surface area contributed by atoms with E-state index in [2.05, 4.69) is 19.8 Å². The van der Waals surface area contributed by atoms with Gasteiger partial charge in [0.05, 0.1) is 0 Å². The number of nitrogen functional groups attached to an aromatic ring is 1. The Morgan fingerprint density at radius 2 is 2.24 bits per heavy atom. The first-order chi connectivity index (χ1) is 13.8. The van der Waals surface area contributed by atoms with Gasteiger partial charge >= 0.3 is 5.97 Å². The average Bonchev–Trinajstić information content (AvgIpc) is 3.11. The number of thioether (sulfide) groups is 1. The third-order valence-electron chi connectivity index (χ3n) is 4.02. The standard InChI is InChI=1S/C15H19N7O5S2/c1-6-5-7(14(25)26)22-12(24)9(13(22)28-6)18-11(23)8(20-27-4-2-3-16)10-19-15(17)29-21-10/h5-6,9,13H,2-4,16H2,1H3,(H,18,23)(H,25,26)(H2,17,19,21)/t6?,9?,13-/m1/s1. The molecule has 2 amide bonds. The van der Waals surface area contributed by atoms with Crippen molar-refractivity contribution in [2.45, 2.75) is 30.0 Å². The molecular weight excluding hydrogens is 422 g/mol. The molecule has 3 rings (SSSR count). The fraction of sp³-hybridized carbons (Fsp3) is 0.467. The predicted octanol–water partition coefficient (Wildman–Crippen LogP) is -1.05. The van der Waals surface area contributed by atoms with Crippen LogP contribution in [0.15, 0.2) is 16.9 Å². The zero-order chi connectivity index (χ0) is 21.1. The minimum atomic E-state index is -1.20. The van der Waals surface area contributed by atoms with Gasteiger partial charge in [-0.3, -0.25) is 14.5 Å². The number of rotatable bonds is 8. The maximum atomic E-state index is 12.8. The van der Waals surface area contributed by atoms with Crippen LogP contribution in [0.1, 0.15) is 19.2 Å². The molecule has 14 heteroatoms. The summed E-state index contributed by atoms with van der Waals surface area (Å²) in [5, 5.41) is 15.1. The van der Waals surface area contributed by atoms with Crippen molar-refractivity contribution in [1.29, 1.82) is 0 Å². The van der Waals surface area contributed by atoms with Gasteiger partial charge in [-0.05, 0) is 26.0 Å². The van der Waals surface area contributed by atoms with Crippen LogP contribution in [0.3, 0.4) is 0 Å².